The molecule has 9 nitrogen and oxygen atoms in total. The van der Waals surface area contributed by atoms with Crippen LogP contribution in [0.1, 0.15) is 42.5 Å². The Kier molecular flexibility index (Phi) is 14.0. The molecule has 0 saturated carbocycles. The third kappa shape index (κ3) is 12.2. The fourth-order valence-electron chi connectivity index (χ4n) is 5.33. The molecule has 3 amide bonds. The molecule has 4 atom stereocenters. The molecule has 0 fully saturated rings. The summed E-state index contributed by atoms with van der Waals surface area (Å²) in [6, 6.07) is 35.7. The molecule has 4 aromatic carbocycles. The second-order valence-corrected chi connectivity index (χ2v) is 12.1. The molecule has 4 aromatic rings. The zero-order chi connectivity index (χ0) is 34.1. The van der Waals surface area contributed by atoms with E-state index in [-0.39, 0.29) is 25.6 Å². The van der Waals surface area contributed by atoms with Gasteiger partial charge in [0.1, 0.15) is 19.3 Å². The largest absolute Gasteiger partial charge is 0.445 e. The van der Waals surface area contributed by atoms with Gasteiger partial charge in [0.15, 0.2) is 0 Å². The van der Waals surface area contributed by atoms with Gasteiger partial charge in [-0.2, -0.15) is 0 Å². The van der Waals surface area contributed by atoms with E-state index in [0.717, 1.165) is 22.3 Å². The lowest BCUT2D eigenvalue weighted by Gasteiger charge is -2.30. The van der Waals surface area contributed by atoms with Crippen molar-refractivity contribution >= 4 is 18.1 Å². The van der Waals surface area contributed by atoms with Crippen molar-refractivity contribution in [3.8, 4) is 0 Å². The molecule has 0 saturated heterocycles. The summed E-state index contributed by atoms with van der Waals surface area (Å²) in [5, 5.41) is 20.3. The number of hydrogen-bond donors (Lipinski definition) is 4. The van der Waals surface area contributed by atoms with Gasteiger partial charge in [0, 0.05) is 6.04 Å². The van der Waals surface area contributed by atoms with Crippen LogP contribution in [0.15, 0.2) is 121 Å². The van der Waals surface area contributed by atoms with Gasteiger partial charge < -0.3 is 30.5 Å². The highest BCUT2D eigenvalue weighted by molar-refractivity contribution is 5.86. The highest BCUT2D eigenvalue weighted by atomic mass is 16.6. The summed E-state index contributed by atoms with van der Waals surface area (Å²) < 4.78 is 10.9. The molecule has 4 N–H and O–H groups in total. The zero-order valence-corrected chi connectivity index (χ0v) is 27.5. The molecule has 0 aromatic heterocycles. The van der Waals surface area contributed by atoms with Crippen molar-refractivity contribution < 1.29 is 29.0 Å². The summed E-state index contributed by atoms with van der Waals surface area (Å²) in [6.07, 6.45) is -1.48. The van der Waals surface area contributed by atoms with Crippen molar-refractivity contribution in [3.05, 3.63) is 144 Å². The van der Waals surface area contributed by atoms with Crippen LogP contribution < -0.4 is 16.0 Å². The summed E-state index contributed by atoms with van der Waals surface area (Å²) in [5.41, 5.74) is 3.56. The van der Waals surface area contributed by atoms with Crippen LogP contribution in [0.4, 0.5) is 9.59 Å². The number of rotatable bonds is 16. The molecule has 0 heterocycles. The molecule has 9 heteroatoms. The molecule has 0 unspecified atom stereocenters. The van der Waals surface area contributed by atoms with Crippen LogP contribution in [0, 0.1) is 5.92 Å². The summed E-state index contributed by atoms with van der Waals surface area (Å²) in [6.45, 7) is 3.83. The monoisotopic (exact) mass is 651 g/mol. The van der Waals surface area contributed by atoms with Gasteiger partial charge in [-0.05, 0) is 47.4 Å². The minimum atomic E-state index is -1.06. The third-order valence-electron chi connectivity index (χ3n) is 7.91. The average molecular weight is 652 g/mol. The fourth-order valence-corrected chi connectivity index (χ4v) is 5.33. The summed E-state index contributed by atoms with van der Waals surface area (Å²) in [5.74, 6) is -0.716. The molecular weight excluding hydrogens is 606 g/mol. The van der Waals surface area contributed by atoms with E-state index in [1.54, 1.807) is 0 Å². The lowest BCUT2D eigenvalue weighted by atomic mass is 9.93. The summed E-state index contributed by atoms with van der Waals surface area (Å²) in [7, 11) is 0. The third-order valence-corrected chi connectivity index (χ3v) is 7.91. The number of carbonyl (C=O) groups excluding carboxylic acids is 3. The number of aliphatic hydroxyl groups excluding tert-OH is 1. The van der Waals surface area contributed by atoms with E-state index < -0.39 is 42.3 Å². The lowest BCUT2D eigenvalue weighted by molar-refractivity contribution is -0.125. The van der Waals surface area contributed by atoms with Crippen molar-refractivity contribution in [2.75, 3.05) is 0 Å². The Morgan fingerprint density at radius 1 is 0.583 bits per heavy atom. The number of aliphatic hydroxyl groups is 1. The van der Waals surface area contributed by atoms with Crippen LogP contribution in [0.2, 0.25) is 0 Å². The molecule has 48 heavy (non-hydrogen) atoms. The van der Waals surface area contributed by atoms with Crippen LogP contribution in [-0.2, 0) is 40.3 Å². The first-order valence-corrected chi connectivity index (χ1v) is 16.3. The van der Waals surface area contributed by atoms with Crippen molar-refractivity contribution in [2.24, 2.45) is 5.92 Å². The van der Waals surface area contributed by atoms with E-state index in [4.69, 9.17) is 9.47 Å². The average Bonchev–Trinajstić information content (AvgIpc) is 3.10. The minimum Gasteiger partial charge on any atom is -0.445 e. The predicted octanol–water partition coefficient (Wildman–Crippen LogP) is 5.95. The van der Waals surface area contributed by atoms with Crippen LogP contribution in [-0.4, -0.2) is 47.4 Å². The SMILES string of the molecule is CC(C)[C@H](NC(=O)OCc1ccccc1)C(=O)N[C@@H](Cc1ccccc1)[C@@H](O)C[C@H](Cc1ccccc1)NC(=O)OCc1ccccc1. The molecular formula is C39H45N3O6. The fraction of sp³-hybridized carbons (Fsp3) is 0.308. The first kappa shape index (κ1) is 35.7. The Morgan fingerprint density at radius 3 is 1.46 bits per heavy atom. The second-order valence-electron chi connectivity index (χ2n) is 12.1. The highest BCUT2D eigenvalue weighted by Crippen LogP contribution is 2.16. The van der Waals surface area contributed by atoms with Gasteiger partial charge in [-0.25, -0.2) is 9.59 Å². The number of benzene rings is 4. The van der Waals surface area contributed by atoms with Crippen LogP contribution >= 0.6 is 0 Å². The summed E-state index contributed by atoms with van der Waals surface area (Å²) in [4.78, 5) is 39.3. The summed E-state index contributed by atoms with van der Waals surface area (Å²) >= 11 is 0. The molecule has 4 rings (SSSR count). The Labute approximate surface area is 282 Å². The van der Waals surface area contributed by atoms with E-state index >= 15 is 0 Å². The van der Waals surface area contributed by atoms with E-state index in [1.165, 1.54) is 0 Å². The maximum atomic E-state index is 13.7. The number of ether oxygens (including phenoxy) is 2. The number of alkyl carbamates (subject to hydrolysis) is 2. The van der Waals surface area contributed by atoms with Crippen molar-refractivity contribution in [1.29, 1.82) is 0 Å². The van der Waals surface area contributed by atoms with Gasteiger partial charge in [0.05, 0.1) is 12.1 Å². The predicted molar refractivity (Wildman–Crippen MR) is 185 cm³/mol. The van der Waals surface area contributed by atoms with Gasteiger partial charge >= 0.3 is 12.2 Å². The molecule has 0 aliphatic heterocycles. The Balaban J connectivity index is 1.46. The van der Waals surface area contributed by atoms with Crippen LogP contribution in [0.25, 0.3) is 0 Å². The van der Waals surface area contributed by atoms with E-state index in [2.05, 4.69) is 16.0 Å². The van der Waals surface area contributed by atoms with Gasteiger partial charge in [-0.1, -0.05) is 135 Å². The molecule has 0 bridgehead atoms. The zero-order valence-electron chi connectivity index (χ0n) is 27.5. The van der Waals surface area contributed by atoms with Crippen molar-refractivity contribution in [1.82, 2.24) is 16.0 Å². The maximum Gasteiger partial charge on any atom is 0.408 e. The van der Waals surface area contributed by atoms with Crippen molar-refractivity contribution in [3.63, 3.8) is 0 Å². The first-order valence-electron chi connectivity index (χ1n) is 16.3. The van der Waals surface area contributed by atoms with Gasteiger partial charge in [-0.15, -0.1) is 0 Å². The first-order chi connectivity index (χ1) is 23.3. The van der Waals surface area contributed by atoms with Gasteiger partial charge in [0.25, 0.3) is 0 Å². The normalized spacial score (nSPS) is 13.4. The second kappa shape index (κ2) is 18.9. The Hall–Kier alpha value is -5.15. The number of carbonyl (C=O) groups is 3. The molecule has 0 aliphatic carbocycles. The highest BCUT2D eigenvalue weighted by Gasteiger charge is 2.31. The number of amides is 3. The van der Waals surface area contributed by atoms with Gasteiger partial charge in [-0.3, -0.25) is 4.79 Å². The lowest BCUT2D eigenvalue weighted by Crippen LogP contribution is -2.56. The van der Waals surface area contributed by atoms with Crippen molar-refractivity contribution in [2.45, 2.75) is 70.6 Å². The molecule has 0 spiro atoms. The molecule has 0 aliphatic rings. The molecule has 0 radical (unpaired) electrons. The topological polar surface area (TPSA) is 126 Å². The molecule has 252 valence electrons. The Bertz CT molecular complexity index is 1540. The van der Waals surface area contributed by atoms with E-state index in [0.29, 0.717) is 12.8 Å². The quantitative estimate of drug-likeness (QED) is 0.119. The van der Waals surface area contributed by atoms with E-state index in [9.17, 15) is 19.5 Å². The van der Waals surface area contributed by atoms with Crippen LogP contribution in [0.5, 0.6) is 0 Å². The smallest absolute Gasteiger partial charge is 0.408 e. The van der Waals surface area contributed by atoms with E-state index in [1.807, 2.05) is 135 Å². The number of nitrogens with one attached hydrogen (secondary N) is 3. The minimum absolute atomic E-state index is 0.0675. The number of hydrogen-bond acceptors (Lipinski definition) is 6. The maximum absolute atomic E-state index is 13.7. The standard InChI is InChI=1S/C39H45N3O6/c1-28(2)36(42-39(46)48-27-32-21-13-6-14-22-32)37(44)41-34(24-30-17-9-4-10-18-30)35(43)25-33(23-29-15-7-3-8-16-29)40-38(45)47-26-31-19-11-5-12-20-31/h3-22,28,33-36,43H,23-27H2,1-2H3,(H,40,45)(H,41,44)(H,42,46)/t33-,34-,35-,36-/m0/s1. The van der Waals surface area contributed by atoms with Gasteiger partial charge in [0.2, 0.25) is 5.91 Å². The Morgan fingerprint density at radius 2 is 1.00 bits per heavy atom. The van der Waals surface area contributed by atoms with Crippen LogP contribution in [0.3, 0.4) is 0 Å².